The zero-order chi connectivity index (χ0) is 13.5. The van der Waals surface area contributed by atoms with Gasteiger partial charge in [0.15, 0.2) is 0 Å². The molecule has 0 aliphatic carbocycles. The molecule has 5 heteroatoms. The van der Waals surface area contributed by atoms with Crippen molar-refractivity contribution in [3.63, 3.8) is 0 Å². The van der Waals surface area contributed by atoms with Gasteiger partial charge in [0, 0.05) is 11.1 Å². The molecule has 0 radical (unpaired) electrons. The van der Waals surface area contributed by atoms with Gasteiger partial charge in [-0.2, -0.15) is 0 Å². The van der Waals surface area contributed by atoms with Gasteiger partial charge in [0.25, 0.3) is 12.3 Å². The van der Waals surface area contributed by atoms with Crippen LogP contribution in [0, 0.1) is 18.8 Å². The van der Waals surface area contributed by atoms with Gasteiger partial charge < -0.3 is 11.1 Å². The molecule has 1 rings (SSSR count). The van der Waals surface area contributed by atoms with Crippen molar-refractivity contribution in [1.29, 1.82) is 0 Å². The van der Waals surface area contributed by atoms with E-state index >= 15 is 0 Å². The fraction of sp³-hybridized carbons (Fsp3) is 0.308. The van der Waals surface area contributed by atoms with Gasteiger partial charge in [0.2, 0.25) is 0 Å². The van der Waals surface area contributed by atoms with Crippen LogP contribution in [0.5, 0.6) is 0 Å². The molecule has 3 N–H and O–H groups in total. The van der Waals surface area contributed by atoms with Gasteiger partial charge in [0.1, 0.15) is 0 Å². The Morgan fingerprint density at radius 3 is 2.78 bits per heavy atom. The first kappa shape index (κ1) is 14.1. The van der Waals surface area contributed by atoms with Gasteiger partial charge in [-0.3, -0.25) is 4.79 Å². The monoisotopic (exact) mass is 252 g/mol. The molecule has 0 unspecified atom stereocenters. The van der Waals surface area contributed by atoms with Crippen LogP contribution in [0.15, 0.2) is 18.2 Å². The molecular formula is C13H14F2N2O. The van der Waals surface area contributed by atoms with E-state index in [1.807, 2.05) is 0 Å². The van der Waals surface area contributed by atoms with E-state index in [4.69, 9.17) is 5.73 Å². The maximum absolute atomic E-state index is 12.0. The molecule has 96 valence electrons. The highest BCUT2D eigenvalue weighted by atomic mass is 19.3. The average molecular weight is 252 g/mol. The first-order chi connectivity index (χ1) is 8.52. The van der Waals surface area contributed by atoms with E-state index in [1.165, 1.54) is 0 Å². The summed E-state index contributed by atoms with van der Waals surface area (Å²) in [7, 11) is 0. The Labute approximate surface area is 104 Å². The van der Waals surface area contributed by atoms with Crippen molar-refractivity contribution in [2.24, 2.45) is 5.73 Å². The molecule has 0 atom stereocenters. The topological polar surface area (TPSA) is 55.1 Å². The summed E-state index contributed by atoms with van der Waals surface area (Å²) in [5.74, 6) is 4.94. The molecule has 0 saturated carbocycles. The number of aryl methyl sites for hydroxylation is 1. The molecule has 3 nitrogen and oxygen atoms in total. The Morgan fingerprint density at radius 1 is 1.44 bits per heavy atom. The molecule has 1 amide bonds. The minimum Gasteiger partial charge on any atom is -0.346 e. The molecule has 0 aromatic heterocycles. The molecule has 0 fully saturated rings. The molecule has 0 aliphatic heterocycles. The highest BCUT2D eigenvalue weighted by Gasteiger charge is 2.09. The maximum Gasteiger partial charge on any atom is 0.255 e. The largest absolute Gasteiger partial charge is 0.346 e. The second-order valence-electron chi connectivity index (χ2n) is 3.69. The van der Waals surface area contributed by atoms with E-state index in [1.54, 1.807) is 25.1 Å². The maximum atomic E-state index is 12.0. The van der Waals surface area contributed by atoms with Gasteiger partial charge in [-0.25, -0.2) is 8.78 Å². The van der Waals surface area contributed by atoms with Crippen LogP contribution in [-0.2, 0) is 0 Å². The number of carbonyl (C=O) groups is 1. The molecule has 0 spiro atoms. The Bertz CT molecular complexity index is 489. The van der Waals surface area contributed by atoms with Crippen LogP contribution in [0.3, 0.4) is 0 Å². The lowest BCUT2D eigenvalue weighted by atomic mass is 10.1. The van der Waals surface area contributed by atoms with Crippen molar-refractivity contribution < 1.29 is 13.6 Å². The highest BCUT2D eigenvalue weighted by molar-refractivity contribution is 5.94. The number of benzene rings is 1. The lowest BCUT2D eigenvalue weighted by Crippen LogP contribution is -2.28. The summed E-state index contributed by atoms with van der Waals surface area (Å²) < 4.78 is 24.0. The first-order valence-corrected chi connectivity index (χ1v) is 5.40. The number of halogens is 2. The van der Waals surface area contributed by atoms with Crippen molar-refractivity contribution in [3.8, 4) is 11.8 Å². The third kappa shape index (κ3) is 4.52. The first-order valence-electron chi connectivity index (χ1n) is 5.40. The number of hydrogen-bond acceptors (Lipinski definition) is 2. The van der Waals surface area contributed by atoms with Gasteiger partial charge >= 0.3 is 0 Å². The fourth-order valence-electron chi connectivity index (χ4n) is 1.41. The average Bonchev–Trinajstić information content (AvgIpc) is 2.32. The Balaban J connectivity index is 2.88. The Hall–Kier alpha value is -1.93. The lowest BCUT2D eigenvalue weighted by Gasteiger charge is -2.06. The van der Waals surface area contributed by atoms with E-state index in [9.17, 15) is 13.6 Å². The minimum atomic E-state index is -2.56. The van der Waals surface area contributed by atoms with Crippen LogP contribution in [0.4, 0.5) is 8.78 Å². The SMILES string of the molecule is Cc1cc(C#CCN)cc(C(=O)NCC(F)F)c1. The predicted molar refractivity (Wildman–Crippen MR) is 65.4 cm³/mol. The number of amides is 1. The van der Waals surface area contributed by atoms with Crippen molar-refractivity contribution in [3.05, 3.63) is 34.9 Å². The van der Waals surface area contributed by atoms with Crippen LogP contribution < -0.4 is 11.1 Å². The second kappa shape index (κ2) is 6.72. The number of alkyl halides is 2. The molecule has 1 aromatic rings. The van der Waals surface area contributed by atoms with E-state index < -0.39 is 18.9 Å². The summed E-state index contributed by atoms with van der Waals surface area (Å²) >= 11 is 0. The van der Waals surface area contributed by atoms with Gasteiger partial charge in [-0.15, -0.1) is 0 Å². The molecule has 0 heterocycles. The summed E-state index contributed by atoms with van der Waals surface area (Å²) in [6, 6.07) is 4.97. The fourth-order valence-corrected chi connectivity index (χ4v) is 1.41. The quantitative estimate of drug-likeness (QED) is 0.797. The number of nitrogens with two attached hydrogens (primary N) is 1. The van der Waals surface area contributed by atoms with Crippen LogP contribution in [0.1, 0.15) is 21.5 Å². The summed E-state index contributed by atoms with van der Waals surface area (Å²) in [6.07, 6.45) is -2.56. The Kier molecular flexibility index (Phi) is 5.28. The summed E-state index contributed by atoms with van der Waals surface area (Å²) in [5, 5.41) is 2.15. The van der Waals surface area contributed by atoms with E-state index in [-0.39, 0.29) is 6.54 Å². The van der Waals surface area contributed by atoms with Crippen LogP contribution in [0.25, 0.3) is 0 Å². The zero-order valence-corrected chi connectivity index (χ0v) is 9.97. The molecule has 1 aromatic carbocycles. The van der Waals surface area contributed by atoms with Crippen molar-refractivity contribution in [2.45, 2.75) is 13.3 Å². The van der Waals surface area contributed by atoms with E-state index in [2.05, 4.69) is 17.2 Å². The van der Waals surface area contributed by atoms with E-state index in [0.717, 1.165) is 5.56 Å². The molecular weight excluding hydrogens is 238 g/mol. The van der Waals surface area contributed by atoms with Gasteiger partial charge in [0.05, 0.1) is 13.1 Å². The van der Waals surface area contributed by atoms with Crippen LogP contribution in [-0.4, -0.2) is 25.4 Å². The molecule has 0 aliphatic rings. The third-order valence-electron chi connectivity index (χ3n) is 2.09. The molecule has 0 bridgehead atoms. The van der Waals surface area contributed by atoms with Crippen molar-refractivity contribution in [1.82, 2.24) is 5.32 Å². The Morgan fingerprint density at radius 2 is 2.17 bits per heavy atom. The molecule has 0 saturated heterocycles. The third-order valence-corrected chi connectivity index (χ3v) is 2.09. The zero-order valence-electron chi connectivity index (χ0n) is 9.97. The van der Waals surface area contributed by atoms with Crippen molar-refractivity contribution in [2.75, 3.05) is 13.1 Å². The standard InChI is InChI=1S/C13H14F2N2O/c1-9-5-10(3-2-4-16)7-11(6-9)13(18)17-8-12(14)15/h5-7,12H,4,8,16H2,1H3,(H,17,18). The summed E-state index contributed by atoms with van der Waals surface area (Å²) in [6.45, 7) is 1.37. The van der Waals surface area contributed by atoms with Crippen LogP contribution in [0.2, 0.25) is 0 Å². The van der Waals surface area contributed by atoms with Crippen LogP contribution >= 0.6 is 0 Å². The predicted octanol–water partition coefficient (Wildman–Crippen LogP) is 1.30. The van der Waals surface area contributed by atoms with Gasteiger partial charge in [-0.05, 0) is 30.7 Å². The number of nitrogens with one attached hydrogen (secondary N) is 1. The normalized spacial score (nSPS) is 9.83. The number of rotatable bonds is 3. The summed E-state index contributed by atoms with van der Waals surface area (Å²) in [5.41, 5.74) is 7.05. The van der Waals surface area contributed by atoms with Gasteiger partial charge in [-0.1, -0.05) is 11.8 Å². The second-order valence-corrected chi connectivity index (χ2v) is 3.69. The van der Waals surface area contributed by atoms with Crippen molar-refractivity contribution >= 4 is 5.91 Å². The lowest BCUT2D eigenvalue weighted by molar-refractivity contribution is 0.0891. The highest BCUT2D eigenvalue weighted by Crippen LogP contribution is 2.09. The molecule has 18 heavy (non-hydrogen) atoms. The smallest absolute Gasteiger partial charge is 0.255 e. The number of carbonyl (C=O) groups excluding carboxylic acids is 1. The minimum absolute atomic E-state index is 0.223. The number of hydrogen-bond donors (Lipinski definition) is 2. The van der Waals surface area contributed by atoms with E-state index in [0.29, 0.717) is 11.1 Å². The summed E-state index contributed by atoms with van der Waals surface area (Å²) in [4.78, 5) is 11.6.